The molecule has 3 aromatic rings. The summed E-state index contributed by atoms with van der Waals surface area (Å²) >= 11 is 5.88. The number of benzene rings is 2. The summed E-state index contributed by atoms with van der Waals surface area (Å²) in [5.41, 5.74) is 3.42. The monoisotopic (exact) mass is 341 g/mol. The highest BCUT2D eigenvalue weighted by Crippen LogP contribution is 2.19. The number of fused-ring (bicyclic) bond motifs is 1. The predicted octanol–water partition coefficient (Wildman–Crippen LogP) is 3.38. The third-order valence-corrected chi connectivity index (χ3v) is 3.80. The minimum absolute atomic E-state index is 0.239. The van der Waals surface area contributed by atoms with Gasteiger partial charge in [0.25, 0.3) is 0 Å². The van der Waals surface area contributed by atoms with Crippen molar-refractivity contribution in [2.45, 2.75) is 13.5 Å². The first-order valence-electron chi connectivity index (χ1n) is 7.44. The number of amides is 2. The van der Waals surface area contributed by atoms with Crippen molar-refractivity contribution in [3.63, 3.8) is 0 Å². The van der Waals surface area contributed by atoms with Gasteiger partial charge in [-0.05, 0) is 48.9 Å². The van der Waals surface area contributed by atoms with E-state index < -0.39 is 11.8 Å². The average Bonchev–Trinajstić information content (AvgIpc) is 2.92. The number of carbonyl (C=O) groups excluding carboxylic acids is 2. The Morgan fingerprint density at radius 2 is 1.92 bits per heavy atom. The van der Waals surface area contributed by atoms with Gasteiger partial charge in [0.1, 0.15) is 0 Å². The first-order valence-corrected chi connectivity index (χ1v) is 7.82. The van der Waals surface area contributed by atoms with Crippen LogP contribution in [-0.2, 0) is 16.1 Å². The van der Waals surface area contributed by atoms with E-state index in [0.29, 0.717) is 10.7 Å². The van der Waals surface area contributed by atoms with E-state index in [9.17, 15) is 9.59 Å². The number of H-pyrrole nitrogens is 1. The first-order chi connectivity index (χ1) is 11.5. The maximum Gasteiger partial charge on any atom is 0.313 e. The molecule has 5 nitrogen and oxygen atoms in total. The minimum atomic E-state index is -0.705. The van der Waals surface area contributed by atoms with E-state index in [-0.39, 0.29) is 6.54 Å². The molecule has 0 radical (unpaired) electrons. The standard InChI is InChI=1S/C18H16ClN3O2/c1-11-7-13-9-15(5-6-16(13)21-11)22-18(24)17(23)20-10-12-3-2-4-14(19)8-12/h2-9,21H,10H2,1H3,(H,20,23)(H,22,24). The Bertz CT molecular complexity index is 918. The van der Waals surface area contributed by atoms with Crippen LogP contribution in [-0.4, -0.2) is 16.8 Å². The molecule has 3 N–H and O–H groups in total. The molecule has 24 heavy (non-hydrogen) atoms. The number of aromatic amines is 1. The fraction of sp³-hybridized carbons (Fsp3) is 0.111. The van der Waals surface area contributed by atoms with Gasteiger partial charge in [0.15, 0.2) is 0 Å². The van der Waals surface area contributed by atoms with Crippen LogP contribution in [0.5, 0.6) is 0 Å². The minimum Gasteiger partial charge on any atom is -0.359 e. The fourth-order valence-corrected chi connectivity index (χ4v) is 2.67. The quantitative estimate of drug-likeness (QED) is 0.639. The van der Waals surface area contributed by atoms with Gasteiger partial charge < -0.3 is 15.6 Å². The summed E-state index contributed by atoms with van der Waals surface area (Å²) in [6.07, 6.45) is 0. The lowest BCUT2D eigenvalue weighted by molar-refractivity contribution is -0.136. The van der Waals surface area contributed by atoms with Gasteiger partial charge in [0.2, 0.25) is 0 Å². The summed E-state index contributed by atoms with van der Waals surface area (Å²) < 4.78 is 0. The Labute approximate surface area is 144 Å². The molecule has 6 heteroatoms. The molecular weight excluding hydrogens is 326 g/mol. The van der Waals surface area contributed by atoms with E-state index >= 15 is 0 Å². The van der Waals surface area contributed by atoms with Crippen LogP contribution in [0.4, 0.5) is 5.69 Å². The second kappa shape index (κ2) is 6.76. The molecule has 0 spiro atoms. The molecule has 0 aliphatic rings. The lowest BCUT2D eigenvalue weighted by atomic mass is 10.2. The maximum atomic E-state index is 12.0. The average molecular weight is 342 g/mol. The molecule has 0 fully saturated rings. The van der Waals surface area contributed by atoms with Crippen molar-refractivity contribution in [3.05, 3.63) is 64.8 Å². The van der Waals surface area contributed by atoms with Crippen LogP contribution in [0.3, 0.4) is 0 Å². The second-order valence-electron chi connectivity index (χ2n) is 5.52. The lowest BCUT2D eigenvalue weighted by Crippen LogP contribution is -2.34. The van der Waals surface area contributed by atoms with E-state index in [0.717, 1.165) is 22.2 Å². The highest BCUT2D eigenvalue weighted by molar-refractivity contribution is 6.39. The molecule has 0 atom stereocenters. The van der Waals surface area contributed by atoms with Gasteiger partial charge in [-0.3, -0.25) is 9.59 Å². The number of nitrogens with one attached hydrogen (secondary N) is 3. The Balaban J connectivity index is 1.61. The summed E-state index contributed by atoms with van der Waals surface area (Å²) in [7, 11) is 0. The van der Waals surface area contributed by atoms with Crippen LogP contribution in [0.15, 0.2) is 48.5 Å². The second-order valence-corrected chi connectivity index (χ2v) is 5.96. The van der Waals surface area contributed by atoms with Crippen molar-refractivity contribution < 1.29 is 9.59 Å². The number of aromatic nitrogens is 1. The van der Waals surface area contributed by atoms with Gasteiger partial charge in [0, 0.05) is 33.9 Å². The van der Waals surface area contributed by atoms with E-state index in [2.05, 4.69) is 15.6 Å². The number of hydrogen-bond donors (Lipinski definition) is 3. The van der Waals surface area contributed by atoms with Gasteiger partial charge in [-0.15, -0.1) is 0 Å². The highest BCUT2D eigenvalue weighted by atomic mass is 35.5. The molecule has 0 bridgehead atoms. The Morgan fingerprint density at radius 3 is 2.71 bits per heavy atom. The van der Waals surface area contributed by atoms with E-state index in [1.54, 1.807) is 24.3 Å². The van der Waals surface area contributed by atoms with E-state index in [4.69, 9.17) is 11.6 Å². The Morgan fingerprint density at radius 1 is 1.08 bits per heavy atom. The maximum absolute atomic E-state index is 12.0. The van der Waals surface area contributed by atoms with E-state index in [1.807, 2.05) is 31.2 Å². The van der Waals surface area contributed by atoms with Crippen molar-refractivity contribution in [2.75, 3.05) is 5.32 Å². The molecular formula is C18H16ClN3O2. The van der Waals surface area contributed by atoms with E-state index in [1.165, 1.54) is 0 Å². The first kappa shape index (κ1) is 16.1. The highest BCUT2D eigenvalue weighted by Gasteiger charge is 2.13. The van der Waals surface area contributed by atoms with Gasteiger partial charge in [-0.1, -0.05) is 23.7 Å². The van der Waals surface area contributed by atoms with Crippen LogP contribution in [0.25, 0.3) is 10.9 Å². The number of rotatable bonds is 3. The Kier molecular flexibility index (Phi) is 4.53. The van der Waals surface area contributed by atoms with Crippen molar-refractivity contribution >= 4 is 40.0 Å². The van der Waals surface area contributed by atoms with Crippen LogP contribution in [0.1, 0.15) is 11.3 Å². The lowest BCUT2D eigenvalue weighted by Gasteiger charge is -2.07. The largest absolute Gasteiger partial charge is 0.359 e. The molecule has 2 aromatic carbocycles. The molecule has 1 heterocycles. The predicted molar refractivity (Wildman–Crippen MR) is 95.0 cm³/mol. The van der Waals surface area contributed by atoms with Crippen LogP contribution < -0.4 is 10.6 Å². The third-order valence-electron chi connectivity index (χ3n) is 3.56. The van der Waals surface area contributed by atoms with Crippen LogP contribution in [0.2, 0.25) is 5.02 Å². The molecule has 0 saturated carbocycles. The van der Waals surface area contributed by atoms with Crippen LogP contribution in [0, 0.1) is 6.92 Å². The number of hydrogen-bond acceptors (Lipinski definition) is 2. The van der Waals surface area contributed by atoms with Gasteiger partial charge in [-0.25, -0.2) is 0 Å². The van der Waals surface area contributed by atoms with Crippen LogP contribution >= 0.6 is 11.6 Å². The topological polar surface area (TPSA) is 74.0 Å². The van der Waals surface area contributed by atoms with Gasteiger partial charge in [-0.2, -0.15) is 0 Å². The zero-order chi connectivity index (χ0) is 17.1. The SMILES string of the molecule is Cc1cc2cc(NC(=O)C(=O)NCc3cccc(Cl)c3)ccc2[nH]1. The molecule has 3 rings (SSSR count). The smallest absolute Gasteiger partial charge is 0.313 e. The molecule has 1 aromatic heterocycles. The fourth-order valence-electron chi connectivity index (χ4n) is 2.45. The van der Waals surface area contributed by atoms with Crippen molar-refractivity contribution in [2.24, 2.45) is 0 Å². The van der Waals surface area contributed by atoms with Crippen molar-refractivity contribution in [1.29, 1.82) is 0 Å². The molecule has 0 saturated heterocycles. The van der Waals surface area contributed by atoms with Crippen molar-refractivity contribution in [1.82, 2.24) is 10.3 Å². The zero-order valence-corrected chi connectivity index (χ0v) is 13.8. The summed E-state index contributed by atoms with van der Waals surface area (Å²) in [5.74, 6) is -1.40. The summed E-state index contributed by atoms with van der Waals surface area (Å²) in [6, 6.07) is 14.5. The summed E-state index contributed by atoms with van der Waals surface area (Å²) in [6.45, 7) is 2.20. The molecule has 0 unspecified atom stereocenters. The summed E-state index contributed by atoms with van der Waals surface area (Å²) in [5, 5.41) is 6.73. The summed E-state index contributed by atoms with van der Waals surface area (Å²) in [4.78, 5) is 27.1. The van der Waals surface area contributed by atoms with Gasteiger partial charge in [0.05, 0.1) is 0 Å². The molecule has 2 amide bonds. The van der Waals surface area contributed by atoms with Gasteiger partial charge >= 0.3 is 11.8 Å². The van der Waals surface area contributed by atoms with Crippen molar-refractivity contribution in [3.8, 4) is 0 Å². The Hall–Kier alpha value is -2.79. The molecule has 0 aliphatic carbocycles. The number of aryl methyl sites for hydroxylation is 1. The molecule has 122 valence electrons. The number of halogens is 1. The zero-order valence-electron chi connectivity index (χ0n) is 13.0. The number of anilines is 1. The normalized spacial score (nSPS) is 10.6. The molecule has 0 aliphatic heterocycles. The number of carbonyl (C=O) groups is 2. The third kappa shape index (κ3) is 3.75.